The van der Waals surface area contributed by atoms with Gasteiger partial charge in [-0.3, -0.25) is 4.79 Å². The molecule has 132 valence electrons. The molecule has 2 aromatic carbocycles. The number of hydrogen-bond donors (Lipinski definition) is 1. The van der Waals surface area contributed by atoms with Crippen LogP contribution in [0.1, 0.15) is 36.0 Å². The summed E-state index contributed by atoms with van der Waals surface area (Å²) in [5, 5.41) is 14.1. The number of carbonyl (C=O) groups excluding carboxylic acids is 1. The third-order valence-corrected chi connectivity index (χ3v) is 5.66. The van der Waals surface area contributed by atoms with E-state index in [0.717, 1.165) is 43.9 Å². The van der Waals surface area contributed by atoms with E-state index in [1.54, 1.807) is 0 Å². The Morgan fingerprint density at radius 3 is 2.96 bits per heavy atom. The van der Waals surface area contributed by atoms with Crippen LogP contribution in [-0.2, 0) is 24.2 Å². The van der Waals surface area contributed by atoms with Gasteiger partial charge in [0.2, 0.25) is 5.91 Å². The molecule has 1 aliphatic heterocycles. The number of amides is 1. The van der Waals surface area contributed by atoms with Crippen LogP contribution in [0, 0.1) is 5.92 Å². The Hall–Kier alpha value is -2.69. The molecule has 2 atom stereocenters. The first kappa shape index (κ1) is 15.6. The summed E-state index contributed by atoms with van der Waals surface area (Å²) >= 11 is 0. The minimum Gasteiger partial charge on any atom is -0.355 e. The van der Waals surface area contributed by atoms with E-state index in [1.165, 1.54) is 16.3 Å². The molecule has 0 bridgehead atoms. The zero-order chi connectivity index (χ0) is 17.5. The van der Waals surface area contributed by atoms with E-state index in [4.69, 9.17) is 0 Å². The molecule has 0 radical (unpaired) electrons. The van der Waals surface area contributed by atoms with Crippen molar-refractivity contribution in [1.82, 2.24) is 20.1 Å². The fraction of sp³-hybridized carbons (Fsp3) is 0.381. The Balaban J connectivity index is 1.18. The van der Waals surface area contributed by atoms with E-state index in [9.17, 15) is 4.79 Å². The summed E-state index contributed by atoms with van der Waals surface area (Å²) in [7, 11) is 0. The third-order valence-electron chi connectivity index (χ3n) is 5.66. The van der Waals surface area contributed by atoms with Gasteiger partial charge in [-0.2, -0.15) is 0 Å². The van der Waals surface area contributed by atoms with Crippen LogP contribution < -0.4 is 5.32 Å². The van der Waals surface area contributed by atoms with Gasteiger partial charge in [-0.15, -0.1) is 10.2 Å². The van der Waals surface area contributed by atoms with Crippen molar-refractivity contribution in [2.24, 2.45) is 5.92 Å². The minimum atomic E-state index is 0.111. The van der Waals surface area contributed by atoms with Gasteiger partial charge in [0.25, 0.3) is 0 Å². The molecule has 0 unspecified atom stereocenters. The molecule has 1 fully saturated rings. The van der Waals surface area contributed by atoms with E-state index < -0.39 is 0 Å². The zero-order valence-corrected chi connectivity index (χ0v) is 14.7. The first-order valence-electron chi connectivity index (χ1n) is 9.47. The van der Waals surface area contributed by atoms with E-state index in [-0.39, 0.29) is 11.8 Å². The SMILES string of the molecule is O=C(NCCc1nnc2n1CCC2)[C@H]1C[C@H]1c1ccc2ccccc2c1. The molecular weight excluding hydrogens is 324 g/mol. The minimum absolute atomic E-state index is 0.111. The van der Waals surface area contributed by atoms with Crippen molar-refractivity contribution in [1.29, 1.82) is 0 Å². The van der Waals surface area contributed by atoms with Crippen molar-refractivity contribution in [2.75, 3.05) is 6.54 Å². The topological polar surface area (TPSA) is 59.8 Å². The standard InChI is InChI=1S/C21H22N4O/c26-21(22-10-9-20-24-23-19-6-3-11-25(19)20)18-13-17(18)16-8-7-14-4-1-2-5-15(14)12-16/h1-2,4-5,7-8,12,17-18H,3,6,9-11,13H2,(H,22,26)/t17-,18-/m0/s1. The van der Waals surface area contributed by atoms with Crippen LogP contribution in [0.25, 0.3) is 10.8 Å². The summed E-state index contributed by atoms with van der Waals surface area (Å²) < 4.78 is 2.20. The van der Waals surface area contributed by atoms with Crippen LogP contribution in [0.3, 0.4) is 0 Å². The van der Waals surface area contributed by atoms with Gasteiger partial charge in [-0.05, 0) is 35.1 Å². The first-order valence-corrected chi connectivity index (χ1v) is 9.47. The molecule has 1 N–H and O–H groups in total. The van der Waals surface area contributed by atoms with Crippen molar-refractivity contribution in [3.05, 3.63) is 59.7 Å². The summed E-state index contributed by atoms with van der Waals surface area (Å²) in [6.07, 6.45) is 3.88. The summed E-state index contributed by atoms with van der Waals surface area (Å²) in [5.41, 5.74) is 1.28. The lowest BCUT2D eigenvalue weighted by molar-refractivity contribution is -0.122. The van der Waals surface area contributed by atoms with Crippen molar-refractivity contribution in [3.8, 4) is 0 Å². The number of carbonyl (C=O) groups is 1. The van der Waals surface area contributed by atoms with Crippen LogP contribution >= 0.6 is 0 Å². The van der Waals surface area contributed by atoms with E-state index >= 15 is 0 Å². The molecule has 5 nitrogen and oxygen atoms in total. The highest BCUT2D eigenvalue weighted by Crippen LogP contribution is 2.48. The van der Waals surface area contributed by atoms with Gasteiger partial charge >= 0.3 is 0 Å². The third kappa shape index (κ3) is 2.77. The van der Waals surface area contributed by atoms with Gasteiger partial charge in [-0.25, -0.2) is 0 Å². The maximum Gasteiger partial charge on any atom is 0.223 e. The van der Waals surface area contributed by atoms with E-state index in [1.807, 2.05) is 0 Å². The lowest BCUT2D eigenvalue weighted by Gasteiger charge is -2.06. The smallest absolute Gasteiger partial charge is 0.223 e. The van der Waals surface area contributed by atoms with Gasteiger partial charge in [-0.1, -0.05) is 42.5 Å². The lowest BCUT2D eigenvalue weighted by Crippen LogP contribution is -2.28. The van der Waals surface area contributed by atoms with E-state index in [2.05, 4.69) is 62.5 Å². The molecule has 0 saturated heterocycles. The van der Waals surface area contributed by atoms with Crippen LogP contribution in [0.15, 0.2) is 42.5 Å². The van der Waals surface area contributed by atoms with Crippen LogP contribution in [0.4, 0.5) is 0 Å². The van der Waals surface area contributed by atoms with E-state index in [0.29, 0.717) is 12.5 Å². The maximum absolute atomic E-state index is 12.5. The quantitative estimate of drug-likeness (QED) is 0.773. The molecule has 0 spiro atoms. The second-order valence-electron chi connectivity index (χ2n) is 7.38. The number of aromatic nitrogens is 3. The molecule has 5 rings (SSSR count). The molecule has 26 heavy (non-hydrogen) atoms. The second-order valence-corrected chi connectivity index (χ2v) is 7.38. The highest BCUT2D eigenvalue weighted by Gasteiger charge is 2.43. The Kier molecular flexibility index (Phi) is 3.73. The zero-order valence-electron chi connectivity index (χ0n) is 14.7. The van der Waals surface area contributed by atoms with Crippen LogP contribution in [0.5, 0.6) is 0 Å². The number of nitrogens with zero attached hydrogens (tertiary/aromatic N) is 3. The summed E-state index contributed by atoms with van der Waals surface area (Å²) in [5.74, 6) is 2.73. The number of aryl methyl sites for hydroxylation is 1. The Morgan fingerprint density at radius 1 is 1.15 bits per heavy atom. The number of benzene rings is 2. The molecule has 2 aliphatic rings. The summed E-state index contributed by atoms with van der Waals surface area (Å²) in [6, 6.07) is 14.9. The Labute approximate surface area is 152 Å². The highest BCUT2D eigenvalue weighted by atomic mass is 16.2. The number of fused-ring (bicyclic) bond motifs is 2. The Bertz CT molecular complexity index is 977. The monoisotopic (exact) mass is 346 g/mol. The van der Waals surface area contributed by atoms with Gasteiger partial charge in [0, 0.05) is 31.8 Å². The average molecular weight is 346 g/mol. The fourth-order valence-corrected chi connectivity index (χ4v) is 4.12. The van der Waals surface area contributed by atoms with Gasteiger partial charge in [0.05, 0.1) is 0 Å². The van der Waals surface area contributed by atoms with Crippen LogP contribution in [-0.4, -0.2) is 27.2 Å². The molecule has 1 aromatic heterocycles. The van der Waals surface area contributed by atoms with Gasteiger partial charge in [0.1, 0.15) is 11.6 Å². The van der Waals surface area contributed by atoms with Crippen molar-refractivity contribution in [3.63, 3.8) is 0 Å². The normalized spacial score (nSPS) is 20.9. The molecule has 5 heteroatoms. The maximum atomic E-state index is 12.5. The summed E-state index contributed by atoms with van der Waals surface area (Å²) in [4.78, 5) is 12.5. The fourth-order valence-electron chi connectivity index (χ4n) is 4.12. The molecule has 1 amide bonds. The molecule has 2 heterocycles. The lowest BCUT2D eigenvalue weighted by atomic mass is 10.0. The predicted molar refractivity (Wildman–Crippen MR) is 99.9 cm³/mol. The largest absolute Gasteiger partial charge is 0.355 e. The summed E-state index contributed by atoms with van der Waals surface area (Å²) in [6.45, 7) is 1.65. The first-order chi connectivity index (χ1) is 12.8. The molecule has 3 aromatic rings. The highest BCUT2D eigenvalue weighted by molar-refractivity contribution is 5.85. The van der Waals surface area contributed by atoms with Crippen molar-refractivity contribution in [2.45, 2.75) is 38.1 Å². The molecular formula is C21H22N4O. The van der Waals surface area contributed by atoms with Gasteiger partial charge < -0.3 is 9.88 Å². The number of nitrogens with one attached hydrogen (secondary N) is 1. The predicted octanol–water partition coefficient (Wildman–Crippen LogP) is 2.84. The van der Waals surface area contributed by atoms with Crippen molar-refractivity contribution < 1.29 is 4.79 Å². The molecule has 1 aliphatic carbocycles. The number of hydrogen-bond acceptors (Lipinski definition) is 3. The molecule has 1 saturated carbocycles. The van der Waals surface area contributed by atoms with Crippen molar-refractivity contribution >= 4 is 16.7 Å². The second kappa shape index (κ2) is 6.24. The average Bonchev–Trinajstić information content (AvgIpc) is 3.18. The Morgan fingerprint density at radius 2 is 2.04 bits per heavy atom. The van der Waals surface area contributed by atoms with Gasteiger partial charge in [0.15, 0.2) is 0 Å². The number of rotatable bonds is 5. The van der Waals surface area contributed by atoms with Crippen LogP contribution in [0.2, 0.25) is 0 Å².